The van der Waals surface area contributed by atoms with Gasteiger partial charge in [0, 0.05) is 0 Å². The van der Waals surface area contributed by atoms with Gasteiger partial charge in [0.1, 0.15) is 0 Å². The van der Waals surface area contributed by atoms with E-state index in [0.29, 0.717) is 0 Å². The third-order valence-corrected chi connectivity index (χ3v) is 2.96. The lowest BCUT2D eigenvalue weighted by Gasteiger charge is -2.03. The Kier molecular flexibility index (Phi) is 3.02. The molecule has 0 aliphatic rings. The van der Waals surface area contributed by atoms with Crippen LogP contribution in [0.1, 0.15) is 12.5 Å². The first-order valence-electron chi connectivity index (χ1n) is 3.91. The van der Waals surface area contributed by atoms with Gasteiger partial charge in [-0.2, -0.15) is 4.83 Å². The first-order chi connectivity index (χ1) is 6.10. The Morgan fingerprint density at radius 1 is 1.46 bits per heavy atom. The van der Waals surface area contributed by atoms with Crippen molar-refractivity contribution in [1.29, 1.82) is 0 Å². The molecule has 0 saturated carbocycles. The van der Waals surface area contributed by atoms with E-state index in [1.165, 1.54) is 6.07 Å². The molecule has 0 spiro atoms. The molecule has 0 aromatic heterocycles. The maximum Gasteiger partial charge on any atom is 0.253 e. The second kappa shape index (κ2) is 3.87. The summed E-state index contributed by atoms with van der Waals surface area (Å²) in [6.07, 6.45) is 0.800. The van der Waals surface area contributed by atoms with Gasteiger partial charge in [-0.1, -0.05) is 19.1 Å². The van der Waals surface area contributed by atoms with Crippen molar-refractivity contribution in [1.82, 2.24) is 4.83 Å². The van der Waals surface area contributed by atoms with E-state index in [-0.39, 0.29) is 4.90 Å². The smallest absolute Gasteiger partial charge is 0.253 e. The minimum atomic E-state index is -3.50. The summed E-state index contributed by atoms with van der Waals surface area (Å²) < 4.78 is 22.5. The molecule has 0 aliphatic heterocycles. The maximum absolute atomic E-state index is 11.2. The first kappa shape index (κ1) is 10.2. The van der Waals surface area contributed by atoms with Crippen LogP contribution in [-0.4, -0.2) is 8.42 Å². The van der Waals surface area contributed by atoms with Gasteiger partial charge in [-0.3, -0.25) is 5.84 Å². The van der Waals surface area contributed by atoms with Crippen molar-refractivity contribution in [3.05, 3.63) is 29.8 Å². The molecule has 0 fully saturated rings. The standard InChI is InChI=1S/C8H12N2O2S/c1-2-7-4-3-5-8(6-7)13(11,12)10-9/h3-6,10H,2,9H2,1H3. The molecule has 1 aromatic rings. The topological polar surface area (TPSA) is 72.2 Å². The van der Waals surface area contributed by atoms with Crippen molar-refractivity contribution in [2.75, 3.05) is 0 Å². The zero-order chi connectivity index (χ0) is 9.90. The molecule has 4 nitrogen and oxygen atoms in total. The number of nitrogens with two attached hydrogens (primary N) is 1. The third kappa shape index (κ3) is 2.27. The highest BCUT2D eigenvalue weighted by atomic mass is 32.2. The van der Waals surface area contributed by atoms with Gasteiger partial charge in [0.05, 0.1) is 4.90 Å². The van der Waals surface area contributed by atoms with Gasteiger partial charge >= 0.3 is 0 Å². The summed E-state index contributed by atoms with van der Waals surface area (Å²) in [6, 6.07) is 6.68. The highest BCUT2D eigenvalue weighted by molar-refractivity contribution is 7.89. The third-order valence-electron chi connectivity index (χ3n) is 1.77. The quantitative estimate of drug-likeness (QED) is 0.548. The second-order valence-electron chi connectivity index (χ2n) is 2.62. The van der Waals surface area contributed by atoms with E-state index in [0.717, 1.165) is 12.0 Å². The van der Waals surface area contributed by atoms with Gasteiger partial charge in [0.15, 0.2) is 0 Å². The number of nitrogens with one attached hydrogen (secondary N) is 1. The fourth-order valence-electron chi connectivity index (χ4n) is 1.00. The van der Waals surface area contributed by atoms with Crippen molar-refractivity contribution in [3.63, 3.8) is 0 Å². The zero-order valence-electron chi connectivity index (χ0n) is 7.32. The number of aryl methyl sites for hydroxylation is 1. The molecular formula is C8H12N2O2S. The monoisotopic (exact) mass is 200 g/mol. The summed E-state index contributed by atoms with van der Waals surface area (Å²) in [7, 11) is -3.50. The molecule has 1 rings (SSSR count). The first-order valence-corrected chi connectivity index (χ1v) is 5.40. The zero-order valence-corrected chi connectivity index (χ0v) is 8.14. The van der Waals surface area contributed by atoms with Gasteiger partial charge in [0.2, 0.25) is 0 Å². The summed E-state index contributed by atoms with van der Waals surface area (Å²) in [5.74, 6) is 4.89. The van der Waals surface area contributed by atoms with Gasteiger partial charge in [-0.25, -0.2) is 8.42 Å². The molecule has 13 heavy (non-hydrogen) atoms. The minimum Gasteiger partial charge on any atom is -0.257 e. The van der Waals surface area contributed by atoms with Crippen LogP contribution in [0.25, 0.3) is 0 Å². The van der Waals surface area contributed by atoms with Gasteiger partial charge in [0.25, 0.3) is 10.0 Å². The van der Waals surface area contributed by atoms with E-state index < -0.39 is 10.0 Å². The fraction of sp³-hybridized carbons (Fsp3) is 0.250. The second-order valence-corrected chi connectivity index (χ2v) is 4.34. The molecule has 0 heterocycles. The molecular weight excluding hydrogens is 188 g/mol. The minimum absolute atomic E-state index is 0.203. The van der Waals surface area contributed by atoms with Crippen LogP contribution in [0.3, 0.4) is 0 Å². The summed E-state index contributed by atoms with van der Waals surface area (Å²) in [4.78, 5) is 1.98. The van der Waals surface area contributed by atoms with Crippen LogP contribution in [0.15, 0.2) is 29.2 Å². The van der Waals surface area contributed by atoms with Crippen LogP contribution >= 0.6 is 0 Å². The predicted molar refractivity (Wildman–Crippen MR) is 50.3 cm³/mol. The van der Waals surface area contributed by atoms with Crippen LogP contribution in [-0.2, 0) is 16.4 Å². The van der Waals surface area contributed by atoms with E-state index in [9.17, 15) is 8.42 Å². The highest BCUT2D eigenvalue weighted by Crippen LogP contribution is 2.10. The van der Waals surface area contributed by atoms with E-state index in [1.807, 2.05) is 13.0 Å². The summed E-state index contributed by atoms with van der Waals surface area (Å²) in [6.45, 7) is 1.96. The largest absolute Gasteiger partial charge is 0.257 e. The molecule has 0 amide bonds. The fourth-order valence-corrected chi connectivity index (χ4v) is 1.70. The lowest BCUT2D eigenvalue weighted by Crippen LogP contribution is -2.30. The normalized spacial score (nSPS) is 11.5. The molecule has 0 radical (unpaired) electrons. The van der Waals surface area contributed by atoms with Crippen LogP contribution in [0.5, 0.6) is 0 Å². The number of benzene rings is 1. The van der Waals surface area contributed by atoms with Crippen LogP contribution < -0.4 is 10.7 Å². The van der Waals surface area contributed by atoms with Gasteiger partial charge < -0.3 is 0 Å². The Morgan fingerprint density at radius 2 is 2.15 bits per heavy atom. The summed E-state index contributed by atoms with van der Waals surface area (Å²) >= 11 is 0. The predicted octanol–water partition coefficient (Wildman–Crippen LogP) is 0.401. The highest BCUT2D eigenvalue weighted by Gasteiger charge is 2.10. The Hall–Kier alpha value is -0.910. The molecule has 0 bridgehead atoms. The van der Waals surface area contributed by atoms with Crippen molar-refractivity contribution in [2.45, 2.75) is 18.2 Å². The van der Waals surface area contributed by atoms with E-state index in [4.69, 9.17) is 5.84 Å². The molecule has 5 heteroatoms. The molecule has 3 N–H and O–H groups in total. The number of hydrazine groups is 1. The van der Waals surface area contributed by atoms with Gasteiger partial charge in [-0.15, -0.1) is 0 Å². The maximum atomic E-state index is 11.2. The van der Waals surface area contributed by atoms with E-state index in [1.54, 1.807) is 17.0 Å². The number of sulfonamides is 1. The molecule has 72 valence electrons. The molecule has 0 aliphatic carbocycles. The summed E-state index contributed by atoms with van der Waals surface area (Å²) in [5.41, 5.74) is 0.969. The molecule has 1 aromatic carbocycles. The van der Waals surface area contributed by atoms with Crippen molar-refractivity contribution in [3.8, 4) is 0 Å². The number of hydrogen-bond acceptors (Lipinski definition) is 3. The Morgan fingerprint density at radius 3 is 2.69 bits per heavy atom. The Balaban J connectivity index is 3.17. The average molecular weight is 200 g/mol. The lowest BCUT2D eigenvalue weighted by atomic mass is 10.2. The van der Waals surface area contributed by atoms with Crippen LogP contribution in [0.2, 0.25) is 0 Å². The van der Waals surface area contributed by atoms with E-state index in [2.05, 4.69) is 0 Å². The van der Waals surface area contributed by atoms with Crippen molar-refractivity contribution < 1.29 is 8.42 Å². The SMILES string of the molecule is CCc1cccc(S(=O)(=O)NN)c1. The number of hydrogen-bond donors (Lipinski definition) is 2. The van der Waals surface area contributed by atoms with Crippen molar-refractivity contribution >= 4 is 10.0 Å². The van der Waals surface area contributed by atoms with Crippen molar-refractivity contribution in [2.24, 2.45) is 5.84 Å². The molecule has 0 saturated heterocycles. The average Bonchev–Trinajstić information content (AvgIpc) is 2.18. The summed E-state index contributed by atoms with van der Waals surface area (Å²) in [5, 5.41) is 0. The Bertz CT molecular complexity index is 387. The van der Waals surface area contributed by atoms with Crippen LogP contribution in [0, 0.1) is 0 Å². The van der Waals surface area contributed by atoms with E-state index >= 15 is 0 Å². The number of rotatable bonds is 3. The lowest BCUT2D eigenvalue weighted by molar-refractivity contribution is 0.584. The molecule has 0 atom stereocenters. The van der Waals surface area contributed by atoms with Gasteiger partial charge in [-0.05, 0) is 24.1 Å². The Labute approximate surface area is 77.8 Å². The van der Waals surface area contributed by atoms with Crippen LogP contribution in [0.4, 0.5) is 0 Å². The molecule has 0 unspecified atom stereocenters.